The van der Waals surface area contributed by atoms with Crippen LogP contribution in [-0.4, -0.2) is 0 Å². The molecule has 1 nitrogen and oxygen atoms in total. The van der Waals surface area contributed by atoms with E-state index in [0.29, 0.717) is 5.41 Å². The second-order valence-corrected chi connectivity index (χ2v) is 3.69. The number of hydrogen-bond acceptors (Lipinski definition) is 1. The van der Waals surface area contributed by atoms with Crippen molar-refractivity contribution in [3.63, 3.8) is 0 Å². The number of rotatable bonds is 2. The highest BCUT2D eigenvalue weighted by atomic mass is 14.6. The van der Waals surface area contributed by atoms with Crippen LogP contribution in [0, 0.1) is 5.41 Å². The Morgan fingerprint density at radius 2 is 2.09 bits per heavy atom. The Kier molecular flexibility index (Phi) is 2.58. The van der Waals surface area contributed by atoms with E-state index in [2.05, 4.69) is 19.9 Å². The van der Waals surface area contributed by atoms with Crippen LogP contribution in [0.15, 0.2) is 11.8 Å². The van der Waals surface area contributed by atoms with E-state index in [4.69, 9.17) is 5.73 Å². The van der Waals surface area contributed by atoms with Gasteiger partial charge in [-0.05, 0) is 24.7 Å². The van der Waals surface area contributed by atoms with E-state index in [-0.39, 0.29) is 0 Å². The van der Waals surface area contributed by atoms with Crippen LogP contribution in [-0.2, 0) is 0 Å². The second kappa shape index (κ2) is 3.29. The summed E-state index contributed by atoms with van der Waals surface area (Å²) in [5.41, 5.74) is 7.41. The molecule has 0 radical (unpaired) electrons. The Balaban J connectivity index is 2.61. The van der Waals surface area contributed by atoms with Crippen molar-refractivity contribution in [2.75, 3.05) is 0 Å². The third kappa shape index (κ3) is 1.76. The quantitative estimate of drug-likeness (QED) is 0.648. The molecule has 1 rings (SSSR count). The second-order valence-electron chi connectivity index (χ2n) is 3.69. The third-order valence-electron chi connectivity index (χ3n) is 3.24. The van der Waals surface area contributed by atoms with Crippen LogP contribution in [0.4, 0.5) is 0 Å². The maximum absolute atomic E-state index is 5.73. The van der Waals surface area contributed by atoms with E-state index in [0.717, 1.165) is 12.1 Å². The molecule has 1 aliphatic carbocycles. The van der Waals surface area contributed by atoms with Crippen molar-refractivity contribution in [3.05, 3.63) is 11.8 Å². The summed E-state index contributed by atoms with van der Waals surface area (Å²) < 4.78 is 0. The predicted molar refractivity (Wildman–Crippen MR) is 49.1 cm³/mol. The number of hydrogen-bond donors (Lipinski definition) is 1. The van der Waals surface area contributed by atoms with Gasteiger partial charge in [0.15, 0.2) is 0 Å². The average Bonchev–Trinajstić information content (AvgIpc) is 2.07. The van der Waals surface area contributed by atoms with Crippen molar-refractivity contribution in [1.82, 2.24) is 0 Å². The monoisotopic (exact) mass is 153 g/mol. The van der Waals surface area contributed by atoms with Gasteiger partial charge in [0, 0.05) is 5.70 Å². The first-order valence-corrected chi connectivity index (χ1v) is 4.67. The lowest BCUT2D eigenvalue weighted by Crippen LogP contribution is -2.22. The smallest absolute Gasteiger partial charge is 0.00403 e. The summed E-state index contributed by atoms with van der Waals surface area (Å²) >= 11 is 0. The molecule has 0 bridgehead atoms. The molecular weight excluding hydrogens is 134 g/mol. The summed E-state index contributed by atoms with van der Waals surface area (Å²) in [5.74, 6) is 0. The van der Waals surface area contributed by atoms with Crippen molar-refractivity contribution >= 4 is 0 Å². The molecule has 0 saturated heterocycles. The minimum Gasteiger partial charge on any atom is -0.402 e. The van der Waals surface area contributed by atoms with Gasteiger partial charge in [-0.2, -0.15) is 0 Å². The molecule has 0 heterocycles. The molecule has 0 fully saturated rings. The van der Waals surface area contributed by atoms with Gasteiger partial charge in [-0.3, -0.25) is 0 Å². The fourth-order valence-corrected chi connectivity index (χ4v) is 1.85. The Morgan fingerprint density at radius 1 is 1.45 bits per heavy atom. The number of nitrogens with two attached hydrogens (primary N) is 1. The zero-order valence-electron chi connectivity index (χ0n) is 7.69. The molecule has 0 aliphatic heterocycles. The zero-order valence-corrected chi connectivity index (χ0v) is 7.69. The lowest BCUT2D eigenvalue weighted by Gasteiger charge is -2.33. The first kappa shape index (κ1) is 8.63. The van der Waals surface area contributed by atoms with Crippen LogP contribution in [0.2, 0.25) is 0 Å². The van der Waals surface area contributed by atoms with Gasteiger partial charge in [0.1, 0.15) is 0 Å². The lowest BCUT2D eigenvalue weighted by atomic mass is 9.72. The first-order chi connectivity index (χ1) is 5.22. The SMILES string of the molecule is CCC1(CC)CC=C(N)CC1. The Bertz CT molecular complexity index is 154. The van der Waals surface area contributed by atoms with Crippen LogP contribution in [0.3, 0.4) is 0 Å². The number of allylic oxidation sites excluding steroid dienone is 2. The van der Waals surface area contributed by atoms with Crippen LogP contribution in [0.5, 0.6) is 0 Å². The van der Waals surface area contributed by atoms with Crippen molar-refractivity contribution in [2.45, 2.75) is 46.0 Å². The Labute approximate surface area is 69.7 Å². The summed E-state index contributed by atoms with van der Waals surface area (Å²) in [5, 5.41) is 0. The van der Waals surface area contributed by atoms with Crippen molar-refractivity contribution < 1.29 is 0 Å². The molecule has 2 N–H and O–H groups in total. The normalized spacial score (nSPS) is 22.9. The minimum atomic E-state index is 0.586. The summed E-state index contributed by atoms with van der Waals surface area (Å²) in [4.78, 5) is 0. The molecule has 0 atom stereocenters. The fourth-order valence-electron chi connectivity index (χ4n) is 1.85. The van der Waals surface area contributed by atoms with Crippen LogP contribution >= 0.6 is 0 Å². The maximum atomic E-state index is 5.73. The van der Waals surface area contributed by atoms with E-state index in [1.54, 1.807) is 0 Å². The molecule has 0 amide bonds. The van der Waals surface area contributed by atoms with Crippen LogP contribution < -0.4 is 5.73 Å². The molecule has 0 aromatic rings. The van der Waals surface area contributed by atoms with Gasteiger partial charge in [0.2, 0.25) is 0 Å². The third-order valence-corrected chi connectivity index (χ3v) is 3.24. The highest BCUT2D eigenvalue weighted by molar-refractivity contribution is 5.05. The first-order valence-electron chi connectivity index (χ1n) is 4.67. The topological polar surface area (TPSA) is 26.0 Å². The van der Waals surface area contributed by atoms with Gasteiger partial charge < -0.3 is 5.73 Å². The van der Waals surface area contributed by atoms with E-state index in [1.165, 1.54) is 25.7 Å². The largest absolute Gasteiger partial charge is 0.402 e. The summed E-state index contributed by atoms with van der Waals surface area (Å²) in [6, 6.07) is 0. The molecule has 0 aromatic heterocycles. The Morgan fingerprint density at radius 3 is 2.45 bits per heavy atom. The Hall–Kier alpha value is -0.460. The average molecular weight is 153 g/mol. The molecule has 64 valence electrons. The van der Waals surface area contributed by atoms with Crippen LogP contribution in [0.1, 0.15) is 46.0 Å². The van der Waals surface area contributed by atoms with Gasteiger partial charge in [-0.15, -0.1) is 0 Å². The van der Waals surface area contributed by atoms with Gasteiger partial charge in [-0.1, -0.05) is 32.8 Å². The fraction of sp³-hybridized carbons (Fsp3) is 0.800. The summed E-state index contributed by atoms with van der Waals surface area (Å²) in [6.07, 6.45) is 8.42. The molecule has 0 spiro atoms. The van der Waals surface area contributed by atoms with E-state index >= 15 is 0 Å². The minimum absolute atomic E-state index is 0.586. The van der Waals surface area contributed by atoms with Crippen molar-refractivity contribution in [2.24, 2.45) is 11.1 Å². The van der Waals surface area contributed by atoms with Gasteiger partial charge in [0.05, 0.1) is 0 Å². The van der Waals surface area contributed by atoms with E-state index in [1.807, 2.05) is 0 Å². The molecule has 0 unspecified atom stereocenters. The van der Waals surface area contributed by atoms with Gasteiger partial charge >= 0.3 is 0 Å². The molecule has 0 aromatic carbocycles. The maximum Gasteiger partial charge on any atom is 0.00403 e. The lowest BCUT2D eigenvalue weighted by molar-refractivity contribution is 0.231. The van der Waals surface area contributed by atoms with Gasteiger partial charge in [0.25, 0.3) is 0 Å². The molecule has 1 aliphatic rings. The highest BCUT2D eigenvalue weighted by Gasteiger charge is 2.27. The van der Waals surface area contributed by atoms with Gasteiger partial charge in [-0.25, -0.2) is 0 Å². The zero-order chi connectivity index (χ0) is 8.32. The molecule has 0 saturated carbocycles. The highest BCUT2D eigenvalue weighted by Crippen LogP contribution is 2.39. The summed E-state index contributed by atoms with van der Waals surface area (Å²) in [7, 11) is 0. The molecular formula is C10H19N. The van der Waals surface area contributed by atoms with E-state index in [9.17, 15) is 0 Å². The van der Waals surface area contributed by atoms with Crippen molar-refractivity contribution in [1.29, 1.82) is 0 Å². The molecule has 1 heteroatoms. The molecule has 11 heavy (non-hydrogen) atoms. The summed E-state index contributed by atoms with van der Waals surface area (Å²) in [6.45, 7) is 4.58. The standard InChI is InChI=1S/C10H19N/c1-3-10(4-2)7-5-9(11)6-8-10/h5H,3-4,6-8,11H2,1-2H3. The van der Waals surface area contributed by atoms with Crippen LogP contribution in [0.25, 0.3) is 0 Å². The predicted octanol–water partition coefficient (Wildman–Crippen LogP) is 2.82. The van der Waals surface area contributed by atoms with E-state index < -0.39 is 0 Å². The van der Waals surface area contributed by atoms with Crippen molar-refractivity contribution in [3.8, 4) is 0 Å².